The Morgan fingerprint density at radius 3 is 2.70 bits per heavy atom. The maximum Gasteiger partial charge on any atom is 0.326 e. The van der Waals surface area contributed by atoms with E-state index in [9.17, 15) is 14.4 Å². The van der Waals surface area contributed by atoms with E-state index in [0.29, 0.717) is 11.3 Å². The van der Waals surface area contributed by atoms with Crippen LogP contribution in [0.25, 0.3) is 0 Å². The number of ether oxygens (including phenoxy) is 1. The van der Waals surface area contributed by atoms with Crippen LogP contribution in [0.15, 0.2) is 47.4 Å². The minimum atomic E-state index is -0.503. The lowest BCUT2D eigenvalue weighted by Crippen LogP contribution is -2.25. The molecule has 0 aliphatic carbocycles. The number of hydrogen-bond donors (Lipinski definition) is 1. The molecule has 2 rings (SSSR count). The number of esters is 1. The van der Waals surface area contributed by atoms with Crippen LogP contribution in [0, 0.1) is 6.92 Å². The van der Waals surface area contributed by atoms with E-state index in [1.54, 1.807) is 25.1 Å². The van der Waals surface area contributed by atoms with Crippen LogP contribution in [0.2, 0.25) is 0 Å². The summed E-state index contributed by atoms with van der Waals surface area (Å²) in [5, 5.41) is 2.71. The van der Waals surface area contributed by atoms with Crippen LogP contribution in [-0.2, 0) is 16.1 Å². The second-order valence-electron chi connectivity index (χ2n) is 5.01. The first-order chi connectivity index (χ1) is 11.0. The molecule has 0 saturated carbocycles. The SMILES string of the molecule is CCOC(=O)Cn1cc(NC(=O)c2cccc(C)c2)ccc1=O. The molecule has 0 aliphatic heterocycles. The number of pyridine rings is 1. The van der Waals surface area contributed by atoms with Gasteiger partial charge in [-0.2, -0.15) is 0 Å². The normalized spacial score (nSPS) is 10.2. The van der Waals surface area contributed by atoms with E-state index in [-0.39, 0.29) is 24.6 Å². The van der Waals surface area contributed by atoms with Crippen LogP contribution in [-0.4, -0.2) is 23.1 Å². The van der Waals surface area contributed by atoms with Gasteiger partial charge in [-0.25, -0.2) is 0 Å². The van der Waals surface area contributed by atoms with Crippen LogP contribution in [0.4, 0.5) is 5.69 Å². The maximum atomic E-state index is 12.2. The molecule has 6 nitrogen and oxygen atoms in total. The number of hydrogen-bond acceptors (Lipinski definition) is 4. The summed E-state index contributed by atoms with van der Waals surface area (Å²) in [4.78, 5) is 35.4. The van der Waals surface area contributed by atoms with E-state index >= 15 is 0 Å². The molecule has 6 heteroatoms. The predicted octanol–water partition coefficient (Wildman–Crippen LogP) is 1.97. The Morgan fingerprint density at radius 1 is 1.22 bits per heavy atom. The Morgan fingerprint density at radius 2 is 2.00 bits per heavy atom. The molecule has 0 saturated heterocycles. The lowest BCUT2D eigenvalue weighted by molar-refractivity contribution is -0.143. The smallest absolute Gasteiger partial charge is 0.326 e. The average Bonchev–Trinajstić information content (AvgIpc) is 2.51. The van der Waals surface area contributed by atoms with Gasteiger partial charge in [-0.05, 0) is 32.0 Å². The lowest BCUT2D eigenvalue weighted by Gasteiger charge is -2.09. The number of aromatic nitrogens is 1. The van der Waals surface area contributed by atoms with Crippen LogP contribution >= 0.6 is 0 Å². The standard InChI is InChI=1S/C17H18N2O4/c1-3-23-16(21)11-19-10-14(7-8-15(19)20)18-17(22)13-6-4-5-12(2)9-13/h4-10H,3,11H2,1-2H3,(H,18,22). The summed E-state index contributed by atoms with van der Waals surface area (Å²) in [6.07, 6.45) is 1.42. The van der Waals surface area contributed by atoms with Crippen molar-refractivity contribution < 1.29 is 14.3 Å². The fourth-order valence-electron chi connectivity index (χ4n) is 2.06. The molecule has 1 amide bonds. The molecule has 0 atom stereocenters. The van der Waals surface area contributed by atoms with Crippen molar-refractivity contribution in [3.63, 3.8) is 0 Å². The van der Waals surface area contributed by atoms with Crippen molar-refractivity contribution in [3.05, 3.63) is 64.1 Å². The summed E-state index contributed by atoms with van der Waals surface area (Å²) in [6, 6.07) is 9.96. The molecule has 0 bridgehead atoms. The number of anilines is 1. The van der Waals surface area contributed by atoms with E-state index in [1.165, 1.54) is 22.9 Å². The van der Waals surface area contributed by atoms with Crippen molar-refractivity contribution in [1.29, 1.82) is 0 Å². The molecule has 0 unspecified atom stereocenters. The van der Waals surface area contributed by atoms with E-state index in [2.05, 4.69) is 5.32 Å². The second kappa shape index (κ2) is 7.40. The maximum absolute atomic E-state index is 12.2. The summed E-state index contributed by atoms with van der Waals surface area (Å²) in [7, 11) is 0. The van der Waals surface area contributed by atoms with Crippen molar-refractivity contribution in [1.82, 2.24) is 4.57 Å². The van der Waals surface area contributed by atoms with Crippen molar-refractivity contribution in [2.75, 3.05) is 11.9 Å². The van der Waals surface area contributed by atoms with Crippen LogP contribution in [0.1, 0.15) is 22.8 Å². The van der Waals surface area contributed by atoms with Crippen molar-refractivity contribution in [2.24, 2.45) is 0 Å². The van der Waals surface area contributed by atoms with Gasteiger partial charge in [0.25, 0.3) is 11.5 Å². The van der Waals surface area contributed by atoms with Gasteiger partial charge >= 0.3 is 5.97 Å². The first-order valence-corrected chi connectivity index (χ1v) is 7.23. The third-order valence-electron chi connectivity index (χ3n) is 3.13. The largest absolute Gasteiger partial charge is 0.465 e. The van der Waals surface area contributed by atoms with Gasteiger partial charge in [0, 0.05) is 17.8 Å². The molecule has 0 spiro atoms. The molecule has 1 aromatic heterocycles. The topological polar surface area (TPSA) is 77.4 Å². The van der Waals surface area contributed by atoms with E-state index in [1.807, 2.05) is 13.0 Å². The summed E-state index contributed by atoms with van der Waals surface area (Å²) < 4.78 is 6.02. The predicted molar refractivity (Wildman–Crippen MR) is 86.5 cm³/mol. The highest BCUT2D eigenvalue weighted by Crippen LogP contribution is 2.09. The van der Waals surface area contributed by atoms with E-state index in [4.69, 9.17) is 4.74 Å². The number of nitrogens with zero attached hydrogens (tertiary/aromatic N) is 1. The number of amides is 1. The minimum Gasteiger partial charge on any atom is -0.465 e. The van der Waals surface area contributed by atoms with Gasteiger partial charge in [-0.15, -0.1) is 0 Å². The van der Waals surface area contributed by atoms with E-state index in [0.717, 1.165) is 5.56 Å². The van der Waals surface area contributed by atoms with Crippen molar-refractivity contribution in [3.8, 4) is 0 Å². The van der Waals surface area contributed by atoms with Gasteiger partial charge < -0.3 is 14.6 Å². The summed E-state index contributed by atoms with van der Waals surface area (Å²) in [5.41, 5.74) is 1.59. The molecule has 1 aromatic carbocycles. The number of aryl methyl sites for hydroxylation is 1. The third-order valence-corrected chi connectivity index (χ3v) is 3.13. The third kappa shape index (κ3) is 4.54. The number of carbonyl (C=O) groups is 2. The Bertz CT molecular complexity index is 780. The molecule has 2 aromatic rings. The van der Waals surface area contributed by atoms with Crippen LogP contribution in [0.3, 0.4) is 0 Å². The molecule has 0 fully saturated rings. The first kappa shape index (κ1) is 16.5. The molecule has 120 valence electrons. The second-order valence-corrected chi connectivity index (χ2v) is 5.01. The van der Waals surface area contributed by atoms with E-state index < -0.39 is 5.97 Å². The first-order valence-electron chi connectivity index (χ1n) is 7.23. The number of nitrogens with one attached hydrogen (secondary N) is 1. The number of carbonyl (C=O) groups excluding carboxylic acids is 2. The zero-order chi connectivity index (χ0) is 16.8. The molecule has 23 heavy (non-hydrogen) atoms. The van der Waals surface area contributed by atoms with Crippen LogP contribution in [0.5, 0.6) is 0 Å². The van der Waals surface area contributed by atoms with Gasteiger partial charge in [0.15, 0.2) is 0 Å². The summed E-state index contributed by atoms with van der Waals surface area (Å²) in [5.74, 6) is -0.785. The van der Waals surface area contributed by atoms with Crippen LogP contribution < -0.4 is 10.9 Å². The Labute approximate surface area is 133 Å². The summed E-state index contributed by atoms with van der Waals surface area (Å²) in [6.45, 7) is 3.65. The van der Waals surface area contributed by atoms with Crippen molar-refractivity contribution in [2.45, 2.75) is 20.4 Å². The highest BCUT2D eigenvalue weighted by molar-refractivity contribution is 6.04. The number of rotatable bonds is 5. The van der Waals surface area contributed by atoms with Gasteiger partial charge in [-0.1, -0.05) is 17.7 Å². The molecule has 0 aliphatic rings. The highest BCUT2D eigenvalue weighted by atomic mass is 16.5. The van der Waals surface area contributed by atoms with Gasteiger partial charge in [0.2, 0.25) is 0 Å². The molecule has 1 N–H and O–H groups in total. The molecular weight excluding hydrogens is 296 g/mol. The molecule has 1 heterocycles. The Balaban J connectivity index is 2.16. The minimum absolute atomic E-state index is 0.194. The monoisotopic (exact) mass is 314 g/mol. The average molecular weight is 314 g/mol. The Kier molecular flexibility index (Phi) is 5.30. The lowest BCUT2D eigenvalue weighted by atomic mass is 10.1. The highest BCUT2D eigenvalue weighted by Gasteiger charge is 2.09. The van der Waals surface area contributed by atoms with Gasteiger partial charge in [0.05, 0.1) is 12.3 Å². The molecule has 0 radical (unpaired) electrons. The van der Waals surface area contributed by atoms with Gasteiger partial charge in [0.1, 0.15) is 6.54 Å². The fourth-order valence-corrected chi connectivity index (χ4v) is 2.06. The fraction of sp³-hybridized carbons (Fsp3) is 0.235. The van der Waals surface area contributed by atoms with Gasteiger partial charge in [-0.3, -0.25) is 14.4 Å². The zero-order valence-corrected chi connectivity index (χ0v) is 13.0. The number of benzene rings is 1. The Hall–Kier alpha value is -2.89. The molecular formula is C17H18N2O4. The van der Waals surface area contributed by atoms with Crippen molar-refractivity contribution >= 4 is 17.6 Å². The zero-order valence-electron chi connectivity index (χ0n) is 13.0. The quantitative estimate of drug-likeness (QED) is 0.856. The summed E-state index contributed by atoms with van der Waals surface area (Å²) >= 11 is 0.